The van der Waals surface area contributed by atoms with Gasteiger partial charge >= 0.3 is 0 Å². The maximum Gasteiger partial charge on any atom is 0.191 e. The van der Waals surface area contributed by atoms with Crippen molar-refractivity contribution >= 4 is 17.3 Å². The maximum absolute atomic E-state index is 13.6. The molecule has 2 rings (SSSR count). The van der Waals surface area contributed by atoms with E-state index in [4.69, 9.17) is 0 Å². The van der Waals surface area contributed by atoms with Gasteiger partial charge < -0.3 is 15.5 Å². The summed E-state index contributed by atoms with van der Waals surface area (Å²) in [4.78, 5) is 8.02. The van der Waals surface area contributed by atoms with E-state index in [1.54, 1.807) is 23.5 Å². The summed E-state index contributed by atoms with van der Waals surface area (Å²) in [6.45, 7) is 6.25. The summed E-state index contributed by atoms with van der Waals surface area (Å²) < 4.78 is 13.6. The lowest BCUT2D eigenvalue weighted by molar-refractivity contribution is 0.297. The minimum Gasteiger partial charge on any atom is -0.357 e. The number of aliphatic imine (C=N–C) groups is 1. The number of thiophene rings is 1. The Morgan fingerprint density at radius 2 is 2.08 bits per heavy atom. The van der Waals surface area contributed by atoms with Gasteiger partial charge in [0, 0.05) is 18.0 Å². The zero-order valence-electron chi connectivity index (χ0n) is 15.3. The first kappa shape index (κ1) is 19.4. The number of halogens is 1. The third-order valence-electron chi connectivity index (χ3n) is 4.01. The maximum atomic E-state index is 13.6. The summed E-state index contributed by atoms with van der Waals surface area (Å²) in [5, 5.41) is 8.74. The number of benzene rings is 1. The molecule has 0 bridgehead atoms. The predicted octanol–water partition coefficient (Wildman–Crippen LogP) is 3.55. The normalized spacial score (nSPS) is 13.1. The molecule has 2 N–H and O–H groups in total. The molecule has 0 aliphatic heterocycles. The van der Waals surface area contributed by atoms with Gasteiger partial charge in [-0.1, -0.05) is 12.1 Å². The Morgan fingerprint density at radius 1 is 1.28 bits per heavy atom. The Hall–Kier alpha value is -1.92. The van der Waals surface area contributed by atoms with Gasteiger partial charge in [-0.15, -0.1) is 11.3 Å². The molecule has 0 fully saturated rings. The Bertz CT molecular complexity index is 696. The molecule has 0 aliphatic carbocycles. The molecular formula is C19H27FN4S. The van der Waals surface area contributed by atoms with Crippen molar-refractivity contribution in [1.29, 1.82) is 0 Å². The predicted molar refractivity (Wildman–Crippen MR) is 105 cm³/mol. The summed E-state index contributed by atoms with van der Waals surface area (Å²) in [5.74, 6) is 0.566. The molecule has 1 heterocycles. The molecule has 0 saturated heterocycles. The minimum atomic E-state index is -0.210. The third kappa shape index (κ3) is 5.83. The number of guanidine groups is 1. The topological polar surface area (TPSA) is 39.7 Å². The fraction of sp³-hybridized carbons (Fsp3) is 0.421. The molecule has 6 heteroatoms. The number of hydrogen-bond acceptors (Lipinski definition) is 3. The molecule has 0 spiro atoms. The molecule has 2 aromatic rings. The summed E-state index contributed by atoms with van der Waals surface area (Å²) >= 11 is 1.72. The second-order valence-corrected chi connectivity index (χ2v) is 7.14. The van der Waals surface area contributed by atoms with E-state index in [1.165, 1.54) is 16.5 Å². The third-order valence-corrected chi connectivity index (χ3v) is 5.02. The Morgan fingerprint density at radius 3 is 2.68 bits per heavy atom. The van der Waals surface area contributed by atoms with E-state index in [0.717, 1.165) is 18.1 Å². The second kappa shape index (κ2) is 9.53. The van der Waals surface area contributed by atoms with Crippen molar-refractivity contribution in [2.24, 2.45) is 4.99 Å². The summed E-state index contributed by atoms with van der Waals surface area (Å²) in [7, 11) is 3.99. The van der Waals surface area contributed by atoms with E-state index in [-0.39, 0.29) is 11.9 Å². The highest BCUT2D eigenvalue weighted by atomic mass is 32.1. The van der Waals surface area contributed by atoms with Crippen molar-refractivity contribution in [2.75, 3.05) is 27.2 Å². The quantitative estimate of drug-likeness (QED) is 0.584. The van der Waals surface area contributed by atoms with E-state index in [2.05, 4.69) is 38.9 Å². The number of likely N-dealkylation sites (N-methyl/N-ethyl adjacent to an activating group) is 1. The number of aryl methyl sites for hydroxylation is 1. The fourth-order valence-corrected chi connectivity index (χ4v) is 3.39. The number of nitrogens with one attached hydrogen (secondary N) is 2. The van der Waals surface area contributed by atoms with Crippen LogP contribution in [0.1, 0.15) is 29.0 Å². The largest absolute Gasteiger partial charge is 0.357 e. The van der Waals surface area contributed by atoms with Crippen molar-refractivity contribution < 1.29 is 4.39 Å². The zero-order valence-corrected chi connectivity index (χ0v) is 16.2. The molecule has 0 aliphatic rings. The zero-order chi connectivity index (χ0) is 18.2. The molecule has 0 amide bonds. The van der Waals surface area contributed by atoms with Gasteiger partial charge in [0.05, 0.1) is 12.6 Å². The van der Waals surface area contributed by atoms with Gasteiger partial charge in [0.1, 0.15) is 5.82 Å². The average Bonchev–Trinajstić information content (AvgIpc) is 2.97. The van der Waals surface area contributed by atoms with Crippen LogP contribution in [-0.2, 0) is 6.54 Å². The van der Waals surface area contributed by atoms with Crippen LogP contribution in [0.5, 0.6) is 0 Å². The molecular weight excluding hydrogens is 335 g/mol. The van der Waals surface area contributed by atoms with E-state index < -0.39 is 0 Å². The second-order valence-electron chi connectivity index (χ2n) is 6.14. The van der Waals surface area contributed by atoms with Gasteiger partial charge in [-0.3, -0.25) is 0 Å². The molecule has 1 aromatic heterocycles. The van der Waals surface area contributed by atoms with Crippen molar-refractivity contribution in [1.82, 2.24) is 15.5 Å². The van der Waals surface area contributed by atoms with Crippen LogP contribution in [0.15, 0.2) is 40.7 Å². The molecule has 0 radical (unpaired) electrons. The van der Waals surface area contributed by atoms with E-state index >= 15 is 0 Å². The van der Waals surface area contributed by atoms with E-state index in [9.17, 15) is 4.39 Å². The van der Waals surface area contributed by atoms with E-state index in [1.807, 2.05) is 27.1 Å². The molecule has 1 unspecified atom stereocenters. The van der Waals surface area contributed by atoms with Gasteiger partial charge in [0.15, 0.2) is 5.96 Å². The lowest BCUT2D eigenvalue weighted by Gasteiger charge is -2.26. The standard InChI is InChI=1S/C19H27FN4S/c1-5-21-19(23-13-18-14(2)9-10-25-18)22-12-17(24(3)4)15-7-6-8-16(20)11-15/h6-11,17H,5,12-13H2,1-4H3,(H2,21,22,23). The van der Waals surface area contributed by atoms with Gasteiger partial charge in [-0.05, 0) is 62.6 Å². The highest BCUT2D eigenvalue weighted by molar-refractivity contribution is 7.10. The first-order valence-electron chi connectivity index (χ1n) is 8.48. The van der Waals surface area contributed by atoms with Crippen LogP contribution in [0, 0.1) is 12.7 Å². The summed E-state index contributed by atoms with van der Waals surface area (Å²) in [6, 6.07) is 8.93. The van der Waals surface area contributed by atoms with Crippen LogP contribution in [0.25, 0.3) is 0 Å². The van der Waals surface area contributed by atoms with Gasteiger partial charge in [-0.25, -0.2) is 9.38 Å². The number of hydrogen-bond donors (Lipinski definition) is 2. The number of rotatable bonds is 7. The summed E-state index contributed by atoms with van der Waals surface area (Å²) in [6.07, 6.45) is 0. The lowest BCUT2D eigenvalue weighted by Crippen LogP contribution is -2.41. The van der Waals surface area contributed by atoms with Crippen LogP contribution < -0.4 is 10.6 Å². The van der Waals surface area contributed by atoms with Crippen molar-refractivity contribution in [3.63, 3.8) is 0 Å². The van der Waals surface area contributed by atoms with Gasteiger partial charge in [-0.2, -0.15) is 0 Å². The molecule has 0 saturated carbocycles. The van der Waals surface area contributed by atoms with Crippen LogP contribution in [0.2, 0.25) is 0 Å². The highest BCUT2D eigenvalue weighted by Crippen LogP contribution is 2.18. The first-order valence-corrected chi connectivity index (χ1v) is 9.36. The molecule has 136 valence electrons. The SMILES string of the molecule is CCNC(=NCc1sccc1C)NCC(c1cccc(F)c1)N(C)C. The lowest BCUT2D eigenvalue weighted by atomic mass is 10.1. The van der Waals surface area contributed by atoms with Gasteiger partial charge in [0.25, 0.3) is 0 Å². The minimum absolute atomic E-state index is 0.0584. The Balaban J connectivity index is 2.05. The smallest absolute Gasteiger partial charge is 0.191 e. The van der Waals surface area contributed by atoms with Crippen LogP contribution in [0.3, 0.4) is 0 Å². The van der Waals surface area contributed by atoms with Crippen LogP contribution in [0.4, 0.5) is 4.39 Å². The number of nitrogens with zero attached hydrogens (tertiary/aromatic N) is 2. The van der Waals surface area contributed by atoms with Crippen LogP contribution in [-0.4, -0.2) is 38.0 Å². The summed E-state index contributed by atoms with van der Waals surface area (Å²) in [5.41, 5.74) is 2.22. The fourth-order valence-electron chi connectivity index (χ4n) is 2.56. The molecule has 4 nitrogen and oxygen atoms in total. The van der Waals surface area contributed by atoms with Crippen molar-refractivity contribution in [3.8, 4) is 0 Å². The average molecular weight is 363 g/mol. The van der Waals surface area contributed by atoms with Crippen molar-refractivity contribution in [3.05, 3.63) is 57.5 Å². The molecule has 1 atom stereocenters. The Labute approximate surface area is 153 Å². The van der Waals surface area contributed by atoms with E-state index in [0.29, 0.717) is 13.1 Å². The first-order chi connectivity index (χ1) is 12.0. The van der Waals surface area contributed by atoms with Gasteiger partial charge in [0.2, 0.25) is 0 Å². The molecule has 25 heavy (non-hydrogen) atoms. The Kier molecular flexibility index (Phi) is 7.40. The highest BCUT2D eigenvalue weighted by Gasteiger charge is 2.15. The van der Waals surface area contributed by atoms with Crippen molar-refractivity contribution in [2.45, 2.75) is 26.4 Å². The monoisotopic (exact) mass is 362 g/mol. The molecule has 1 aromatic carbocycles. The van der Waals surface area contributed by atoms with Crippen LogP contribution >= 0.6 is 11.3 Å².